The lowest BCUT2D eigenvalue weighted by Gasteiger charge is -2.08. The molecule has 2 N–H and O–H groups in total. The van der Waals surface area contributed by atoms with Gasteiger partial charge in [-0.3, -0.25) is 20.4 Å². The number of carbonyl (C=O) groups is 3. The zero-order valence-electron chi connectivity index (χ0n) is 16.3. The van der Waals surface area contributed by atoms with E-state index in [0.717, 1.165) is 12.8 Å². The highest BCUT2D eigenvalue weighted by Crippen LogP contribution is 2.10. The Hall–Kier alpha value is -3.15. The molecule has 2 amide bonds. The van der Waals surface area contributed by atoms with E-state index >= 15 is 0 Å². The van der Waals surface area contributed by atoms with Crippen molar-refractivity contribution < 1.29 is 19.1 Å². The predicted octanol–water partition coefficient (Wildman–Crippen LogP) is 3.67. The summed E-state index contributed by atoms with van der Waals surface area (Å²) >= 11 is 0. The van der Waals surface area contributed by atoms with Crippen molar-refractivity contribution in [3.8, 4) is 0 Å². The van der Waals surface area contributed by atoms with Crippen molar-refractivity contribution in [3.63, 3.8) is 0 Å². The van der Waals surface area contributed by atoms with Gasteiger partial charge in [0.25, 0.3) is 11.8 Å². The molecule has 0 saturated carbocycles. The van der Waals surface area contributed by atoms with Gasteiger partial charge in [0.05, 0.1) is 12.7 Å². The molecule has 0 aliphatic carbocycles. The van der Waals surface area contributed by atoms with Crippen LogP contribution in [-0.2, 0) is 11.2 Å². The van der Waals surface area contributed by atoms with Crippen molar-refractivity contribution in [3.05, 3.63) is 70.8 Å². The lowest BCUT2D eigenvalue weighted by Crippen LogP contribution is -2.41. The fourth-order valence-corrected chi connectivity index (χ4v) is 2.71. The smallest absolute Gasteiger partial charge is 0.337 e. The Labute approximate surface area is 165 Å². The number of amides is 2. The molecular formula is C22H26N2O4. The zero-order chi connectivity index (χ0) is 20.4. The first-order chi connectivity index (χ1) is 13.5. The van der Waals surface area contributed by atoms with E-state index in [9.17, 15) is 14.4 Å². The van der Waals surface area contributed by atoms with Crippen molar-refractivity contribution in [2.45, 2.75) is 39.0 Å². The number of methoxy groups -OCH3 is 1. The molecule has 0 fully saturated rings. The van der Waals surface area contributed by atoms with Gasteiger partial charge in [0.1, 0.15) is 0 Å². The Kier molecular flexibility index (Phi) is 8.21. The molecule has 2 aromatic carbocycles. The first kappa shape index (κ1) is 21.2. The number of hydrazine groups is 1. The highest BCUT2D eigenvalue weighted by Gasteiger charge is 2.11. The Bertz CT molecular complexity index is 798. The number of carbonyl (C=O) groups excluding carboxylic acids is 3. The van der Waals surface area contributed by atoms with E-state index in [0.29, 0.717) is 16.7 Å². The van der Waals surface area contributed by atoms with Crippen LogP contribution in [0.3, 0.4) is 0 Å². The number of unbranched alkanes of at least 4 members (excludes halogenated alkanes) is 3. The summed E-state index contributed by atoms with van der Waals surface area (Å²) in [5.41, 5.74) is 7.09. The number of esters is 1. The van der Waals surface area contributed by atoms with E-state index in [1.807, 2.05) is 12.1 Å². The average molecular weight is 382 g/mol. The van der Waals surface area contributed by atoms with Gasteiger partial charge in [-0.2, -0.15) is 0 Å². The SMILES string of the molecule is CCCCCCc1ccc(C(=O)NNC(=O)c2ccc(C(=O)OC)cc2)cc1. The molecule has 0 unspecified atom stereocenters. The Morgan fingerprint density at radius 2 is 1.25 bits per heavy atom. The van der Waals surface area contributed by atoms with E-state index < -0.39 is 17.8 Å². The van der Waals surface area contributed by atoms with Gasteiger partial charge in [-0.25, -0.2) is 4.79 Å². The summed E-state index contributed by atoms with van der Waals surface area (Å²) in [7, 11) is 1.29. The molecule has 6 nitrogen and oxygen atoms in total. The molecule has 6 heteroatoms. The number of hydrogen-bond acceptors (Lipinski definition) is 4. The second-order valence-electron chi connectivity index (χ2n) is 6.48. The maximum Gasteiger partial charge on any atom is 0.337 e. The third-order valence-electron chi connectivity index (χ3n) is 4.39. The van der Waals surface area contributed by atoms with Crippen LogP contribution in [0.15, 0.2) is 48.5 Å². The summed E-state index contributed by atoms with van der Waals surface area (Å²) in [6, 6.07) is 13.3. The van der Waals surface area contributed by atoms with E-state index in [1.165, 1.54) is 56.2 Å². The molecule has 0 atom stereocenters. The van der Waals surface area contributed by atoms with E-state index in [1.54, 1.807) is 12.1 Å². The Balaban J connectivity index is 1.84. The highest BCUT2D eigenvalue weighted by atomic mass is 16.5. The highest BCUT2D eigenvalue weighted by molar-refractivity contribution is 5.99. The van der Waals surface area contributed by atoms with Gasteiger partial charge in [-0.15, -0.1) is 0 Å². The molecule has 0 aliphatic heterocycles. The first-order valence-corrected chi connectivity index (χ1v) is 9.43. The van der Waals surface area contributed by atoms with Gasteiger partial charge in [0.15, 0.2) is 0 Å². The van der Waals surface area contributed by atoms with Crippen molar-refractivity contribution in [2.24, 2.45) is 0 Å². The number of hydrogen-bond donors (Lipinski definition) is 2. The third-order valence-corrected chi connectivity index (χ3v) is 4.39. The van der Waals surface area contributed by atoms with Gasteiger partial charge in [0.2, 0.25) is 0 Å². The van der Waals surface area contributed by atoms with Crippen molar-refractivity contribution in [1.82, 2.24) is 10.9 Å². The normalized spacial score (nSPS) is 10.2. The lowest BCUT2D eigenvalue weighted by molar-refractivity contribution is 0.0600. The summed E-state index contributed by atoms with van der Waals surface area (Å²) in [5.74, 6) is -1.34. The minimum Gasteiger partial charge on any atom is -0.465 e. The number of benzene rings is 2. The molecule has 0 heterocycles. The van der Waals surface area contributed by atoms with Crippen LogP contribution >= 0.6 is 0 Å². The Morgan fingerprint density at radius 3 is 1.75 bits per heavy atom. The fraction of sp³-hybridized carbons (Fsp3) is 0.318. The van der Waals surface area contributed by atoms with Crippen molar-refractivity contribution >= 4 is 17.8 Å². The number of aryl methyl sites for hydroxylation is 1. The molecule has 0 bridgehead atoms. The minimum atomic E-state index is -0.478. The standard InChI is InChI=1S/C22H26N2O4/c1-3-4-5-6-7-16-8-10-17(11-9-16)20(25)23-24-21(26)18-12-14-19(15-13-18)22(27)28-2/h8-15H,3-7H2,1-2H3,(H,23,25)(H,24,26). The van der Waals surface area contributed by atoms with Crippen molar-refractivity contribution in [1.29, 1.82) is 0 Å². The quantitative estimate of drug-likeness (QED) is 0.414. The Morgan fingerprint density at radius 1 is 0.750 bits per heavy atom. The van der Waals surface area contributed by atoms with Crippen LogP contribution in [0.5, 0.6) is 0 Å². The topological polar surface area (TPSA) is 84.5 Å². The van der Waals surface area contributed by atoms with Crippen LogP contribution in [-0.4, -0.2) is 24.9 Å². The van der Waals surface area contributed by atoms with E-state index in [4.69, 9.17) is 0 Å². The van der Waals surface area contributed by atoms with Crippen LogP contribution in [0.25, 0.3) is 0 Å². The first-order valence-electron chi connectivity index (χ1n) is 9.43. The molecule has 0 aromatic heterocycles. The monoisotopic (exact) mass is 382 g/mol. The lowest BCUT2D eigenvalue weighted by atomic mass is 10.0. The summed E-state index contributed by atoms with van der Waals surface area (Å²) < 4.78 is 4.61. The molecule has 0 spiro atoms. The van der Waals surface area contributed by atoms with Crippen molar-refractivity contribution in [2.75, 3.05) is 7.11 Å². The molecule has 0 saturated heterocycles. The maximum atomic E-state index is 12.2. The minimum absolute atomic E-state index is 0.315. The zero-order valence-corrected chi connectivity index (χ0v) is 16.3. The second kappa shape index (κ2) is 10.9. The predicted molar refractivity (Wildman–Crippen MR) is 107 cm³/mol. The van der Waals surface area contributed by atoms with Gasteiger partial charge in [-0.1, -0.05) is 38.3 Å². The van der Waals surface area contributed by atoms with Gasteiger partial charge in [-0.05, 0) is 54.8 Å². The largest absolute Gasteiger partial charge is 0.465 e. The third kappa shape index (κ3) is 6.23. The summed E-state index contributed by atoms with van der Waals surface area (Å²) in [6.07, 6.45) is 5.81. The van der Waals surface area contributed by atoms with Crippen LogP contribution in [0, 0.1) is 0 Å². The van der Waals surface area contributed by atoms with Gasteiger partial charge < -0.3 is 4.74 Å². The summed E-state index contributed by atoms with van der Waals surface area (Å²) in [6.45, 7) is 2.18. The van der Waals surface area contributed by atoms with Crippen LogP contribution in [0.4, 0.5) is 0 Å². The molecule has 0 radical (unpaired) electrons. The van der Waals surface area contributed by atoms with E-state index in [-0.39, 0.29) is 0 Å². The average Bonchev–Trinajstić information content (AvgIpc) is 2.74. The maximum absolute atomic E-state index is 12.2. The molecule has 2 rings (SSSR count). The second-order valence-corrected chi connectivity index (χ2v) is 6.48. The van der Waals surface area contributed by atoms with Gasteiger partial charge >= 0.3 is 5.97 Å². The molecule has 2 aromatic rings. The van der Waals surface area contributed by atoms with E-state index in [2.05, 4.69) is 22.5 Å². The summed E-state index contributed by atoms with van der Waals surface area (Å²) in [4.78, 5) is 35.7. The van der Waals surface area contributed by atoms with Crippen LogP contribution < -0.4 is 10.9 Å². The molecule has 0 aliphatic rings. The van der Waals surface area contributed by atoms with Crippen LogP contribution in [0.1, 0.15) is 69.2 Å². The number of nitrogens with one attached hydrogen (secondary N) is 2. The molecular weight excluding hydrogens is 356 g/mol. The fourth-order valence-electron chi connectivity index (χ4n) is 2.71. The molecule has 148 valence electrons. The molecule has 28 heavy (non-hydrogen) atoms. The number of rotatable bonds is 8. The summed E-state index contributed by atoms with van der Waals surface area (Å²) in [5, 5.41) is 0. The number of ether oxygens (including phenoxy) is 1. The van der Waals surface area contributed by atoms with Gasteiger partial charge in [0, 0.05) is 11.1 Å². The van der Waals surface area contributed by atoms with Crippen LogP contribution in [0.2, 0.25) is 0 Å².